The van der Waals surface area contributed by atoms with Crippen molar-refractivity contribution in [2.75, 3.05) is 10.8 Å². The molecule has 0 saturated heterocycles. The van der Waals surface area contributed by atoms with E-state index >= 15 is 0 Å². The van der Waals surface area contributed by atoms with E-state index in [1.165, 1.54) is 23.1 Å². The molecule has 1 aliphatic rings. The fraction of sp³-hybridized carbons (Fsp3) is 0.310. The molecule has 1 N–H and O–H groups in total. The number of nitrogens with zero attached hydrogens (tertiary/aromatic N) is 2. The van der Waals surface area contributed by atoms with Crippen molar-refractivity contribution in [3.63, 3.8) is 0 Å². The maximum absolute atomic E-state index is 13.9. The number of rotatable bonds is 10. The molecule has 0 radical (unpaired) electrons. The van der Waals surface area contributed by atoms with E-state index in [1.54, 1.807) is 43.3 Å². The molecular formula is C29H32ClN3O4S. The van der Waals surface area contributed by atoms with Crippen molar-refractivity contribution < 1.29 is 18.0 Å². The summed E-state index contributed by atoms with van der Waals surface area (Å²) in [4.78, 5) is 28.6. The van der Waals surface area contributed by atoms with Crippen molar-refractivity contribution in [2.45, 2.75) is 56.1 Å². The first kappa shape index (κ1) is 27.7. The lowest BCUT2D eigenvalue weighted by molar-refractivity contribution is -0.139. The summed E-state index contributed by atoms with van der Waals surface area (Å²) < 4.78 is 28.5. The first-order valence-electron chi connectivity index (χ1n) is 12.7. The molecule has 0 aliphatic heterocycles. The number of carbonyl (C=O) groups excluding carboxylic acids is 2. The standard InChI is InChI=1S/C29H32ClN3O4S/c1-22(29(35)31-25-14-8-9-15-25)32(20-23-11-4-2-5-12-23)28(34)21-33(26-16-10-13-24(30)19-26)38(36,37)27-17-6-3-7-18-27/h2-7,10-13,16-19,22,25H,8-9,14-15,20-21H2,1H3,(H,31,35). The van der Waals surface area contributed by atoms with Crippen molar-refractivity contribution >= 4 is 39.1 Å². The van der Waals surface area contributed by atoms with Crippen molar-refractivity contribution in [3.8, 4) is 0 Å². The molecule has 3 aromatic rings. The fourth-order valence-electron chi connectivity index (χ4n) is 4.63. The van der Waals surface area contributed by atoms with E-state index in [2.05, 4.69) is 5.32 Å². The molecule has 0 bridgehead atoms. The summed E-state index contributed by atoms with van der Waals surface area (Å²) in [5.74, 6) is -0.746. The van der Waals surface area contributed by atoms with Crippen molar-refractivity contribution in [2.24, 2.45) is 0 Å². The third-order valence-electron chi connectivity index (χ3n) is 6.77. The normalized spacial score (nSPS) is 14.6. The molecule has 2 amide bonds. The number of hydrogen-bond donors (Lipinski definition) is 1. The summed E-state index contributed by atoms with van der Waals surface area (Å²) in [6, 6.07) is 22.9. The topological polar surface area (TPSA) is 86.8 Å². The summed E-state index contributed by atoms with van der Waals surface area (Å²) in [5.41, 5.74) is 1.10. The zero-order valence-electron chi connectivity index (χ0n) is 21.3. The lowest BCUT2D eigenvalue weighted by Crippen LogP contribution is -2.52. The van der Waals surface area contributed by atoms with E-state index in [0.29, 0.717) is 5.02 Å². The third kappa shape index (κ3) is 6.74. The molecule has 9 heteroatoms. The molecule has 1 saturated carbocycles. The minimum absolute atomic E-state index is 0.0504. The molecule has 1 unspecified atom stereocenters. The van der Waals surface area contributed by atoms with Crippen LogP contribution >= 0.6 is 11.6 Å². The maximum atomic E-state index is 13.9. The Morgan fingerprint density at radius 3 is 2.21 bits per heavy atom. The average Bonchev–Trinajstić information content (AvgIpc) is 3.44. The number of hydrogen-bond acceptors (Lipinski definition) is 4. The van der Waals surface area contributed by atoms with Gasteiger partial charge >= 0.3 is 0 Å². The van der Waals surface area contributed by atoms with Gasteiger partial charge in [-0.05, 0) is 55.7 Å². The maximum Gasteiger partial charge on any atom is 0.264 e. The summed E-state index contributed by atoms with van der Waals surface area (Å²) >= 11 is 6.19. The Balaban J connectivity index is 1.66. The van der Waals surface area contributed by atoms with Crippen LogP contribution in [0.5, 0.6) is 0 Å². The Morgan fingerprint density at radius 2 is 1.58 bits per heavy atom. The van der Waals surface area contributed by atoms with Gasteiger partial charge in [-0.1, -0.05) is 79.0 Å². The van der Waals surface area contributed by atoms with Gasteiger partial charge in [0.15, 0.2) is 0 Å². The lowest BCUT2D eigenvalue weighted by Gasteiger charge is -2.32. The van der Waals surface area contributed by atoms with E-state index in [-0.39, 0.29) is 29.1 Å². The molecule has 3 aromatic carbocycles. The van der Waals surface area contributed by atoms with Crippen LogP contribution in [0.3, 0.4) is 0 Å². The van der Waals surface area contributed by atoms with Crippen molar-refractivity contribution in [3.05, 3.63) is 95.5 Å². The fourth-order valence-corrected chi connectivity index (χ4v) is 6.25. The Bertz CT molecular complexity index is 1350. The molecule has 1 fully saturated rings. The molecule has 200 valence electrons. The first-order chi connectivity index (χ1) is 18.3. The van der Waals surface area contributed by atoms with Crippen molar-refractivity contribution in [1.29, 1.82) is 0 Å². The second kappa shape index (κ2) is 12.5. The van der Waals surface area contributed by atoms with Gasteiger partial charge in [0.1, 0.15) is 12.6 Å². The number of carbonyl (C=O) groups is 2. The summed E-state index contributed by atoms with van der Waals surface area (Å²) in [6.45, 7) is 1.35. The van der Waals surface area contributed by atoms with Crippen LogP contribution in [0.25, 0.3) is 0 Å². The van der Waals surface area contributed by atoms with Crippen LogP contribution in [0.1, 0.15) is 38.2 Å². The number of benzene rings is 3. The van der Waals surface area contributed by atoms with E-state index in [0.717, 1.165) is 35.6 Å². The highest BCUT2D eigenvalue weighted by molar-refractivity contribution is 7.92. The average molecular weight is 554 g/mol. The zero-order valence-corrected chi connectivity index (χ0v) is 22.9. The Morgan fingerprint density at radius 1 is 0.947 bits per heavy atom. The van der Waals surface area contributed by atoms with E-state index < -0.39 is 28.5 Å². The molecule has 7 nitrogen and oxygen atoms in total. The highest BCUT2D eigenvalue weighted by Gasteiger charge is 2.33. The van der Waals surface area contributed by atoms with Gasteiger partial charge in [0.25, 0.3) is 10.0 Å². The largest absolute Gasteiger partial charge is 0.352 e. The molecule has 0 aromatic heterocycles. The van der Waals surface area contributed by atoms with E-state index in [1.807, 2.05) is 30.3 Å². The van der Waals surface area contributed by atoms with Gasteiger partial charge in [0.2, 0.25) is 11.8 Å². The van der Waals surface area contributed by atoms with Gasteiger partial charge in [-0.2, -0.15) is 0 Å². The highest BCUT2D eigenvalue weighted by Crippen LogP contribution is 2.27. The van der Waals surface area contributed by atoms with Crippen molar-refractivity contribution in [1.82, 2.24) is 10.2 Å². The monoisotopic (exact) mass is 553 g/mol. The molecule has 0 heterocycles. The Kier molecular flexibility index (Phi) is 9.07. The quantitative estimate of drug-likeness (QED) is 0.382. The van der Waals surface area contributed by atoms with Gasteiger partial charge < -0.3 is 10.2 Å². The summed E-state index contributed by atoms with van der Waals surface area (Å²) in [7, 11) is -4.11. The van der Waals surface area contributed by atoms with Crippen LogP contribution in [0.2, 0.25) is 5.02 Å². The number of halogens is 1. The molecule has 4 rings (SSSR count). The van der Waals surface area contributed by atoms with Crippen LogP contribution in [0.15, 0.2) is 89.8 Å². The second-order valence-corrected chi connectivity index (χ2v) is 11.8. The van der Waals surface area contributed by atoms with E-state index in [9.17, 15) is 18.0 Å². The number of sulfonamides is 1. The van der Waals surface area contributed by atoms with E-state index in [4.69, 9.17) is 11.6 Å². The third-order valence-corrected chi connectivity index (χ3v) is 8.79. The molecule has 1 atom stereocenters. The SMILES string of the molecule is CC(C(=O)NC1CCCC1)N(Cc1ccccc1)C(=O)CN(c1cccc(Cl)c1)S(=O)(=O)c1ccccc1. The van der Waals surface area contributed by atoms with Gasteiger partial charge in [-0.15, -0.1) is 0 Å². The number of nitrogens with one attached hydrogen (secondary N) is 1. The molecule has 0 spiro atoms. The van der Waals surface area contributed by atoms with Crippen LogP contribution < -0.4 is 9.62 Å². The predicted octanol–water partition coefficient (Wildman–Crippen LogP) is 5.01. The number of anilines is 1. The Labute approximate surface area is 229 Å². The van der Waals surface area contributed by atoms with Gasteiger partial charge in [-0.25, -0.2) is 8.42 Å². The Hall–Kier alpha value is -3.36. The van der Waals surface area contributed by atoms with Gasteiger partial charge in [0.05, 0.1) is 10.6 Å². The van der Waals surface area contributed by atoms with Crippen LogP contribution in [-0.2, 0) is 26.2 Å². The zero-order chi connectivity index (χ0) is 27.1. The molecule has 38 heavy (non-hydrogen) atoms. The van der Waals surface area contributed by atoms with Gasteiger partial charge in [-0.3, -0.25) is 13.9 Å². The number of amides is 2. The summed E-state index contributed by atoms with van der Waals surface area (Å²) in [6.07, 6.45) is 3.97. The van der Waals surface area contributed by atoms with Gasteiger partial charge in [0, 0.05) is 17.6 Å². The smallest absolute Gasteiger partial charge is 0.264 e. The highest BCUT2D eigenvalue weighted by atomic mass is 35.5. The minimum atomic E-state index is -4.11. The predicted molar refractivity (Wildman–Crippen MR) is 149 cm³/mol. The molecular weight excluding hydrogens is 522 g/mol. The molecule has 1 aliphatic carbocycles. The minimum Gasteiger partial charge on any atom is -0.352 e. The van der Waals surface area contributed by atoms with Crippen LogP contribution in [0.4, 0.5) is 5.69 Å². The second-order valence-electron chi connectivity index (χ2n) is 9.48. The van der Waals surface area contributed by atoms with Crippen LogP contribution in [0, 0.1) is 0 Å². The van der Waals surface area contributed by atoms with Crippen LogP contribution in [-0.4, -0.2) is 43.8 Å². The first-order valence-corrected chi connectivity index (χ1v) is 14.5. The summed E-state index contributed by atoms with van der Waals surface area (Å²) in [5, 5.41) is 3.41. The lowest BCUT2D eigenvalue weighted by atomic mass is 10.1.